The van der Waals surface area contributed by atoms with E-state index in [2.05, 4.69) is 0 Å². The summed E-state index contributed by atoms with van der Waals surface area (Å²) in [5.41, 5.74) is 1.17. The summed E-state index contributed by atoms with van der Waals surface area (Å²) in [5, 5.41) is 0. The molecule has 0 saturated carbocycles. The Balaban J connectivity index is 1.80. The molecular formula is C24H22N2O4S. The number of carbonyl (C=O) groups excluding carboxylic acids is 2. The predicted molar refractivity (Wildman–Crippen MR) is 118 cm³/mol. The molecule has 0 radical (unpaired) electrons. The lowest BCUT2D eigenvalue weighted by Gasteiger charge is -2.32. The lowest BCUT2D eigenvalue weighted by molar-refractivity contribution is -0.122. The van der Waals surface area contributed by atoms with Crippen LogP contribution >= 0.6 is 0 Å². The molecule has 0 spiro atoms. The van der Waals surface area contributed by atoms with Crippen LogP contribution in [0.3, 0.4) is 0 Å². The van der Waals surface area contributed by atoms with E-state index in [4.69, 9.17) is 0 Å². The van der Waals surface area contributed by atoms with Crippen LogP contribution in [0.15, 0.2) is 95.9 Å². The van der Waals surface area contributed by atoms with Crippen molar-refractivity contribution in [3.8, 4) is 0 Å². The highest BCUT2D eigenvalue weighted by atomic mass is 32.2. The topological polar surface area (TPSA) is 74.8 Å². The Hall–Kier alpha value is -3.29. The Morgan fingerprint density at radius 2 is 1.35 bits per heavy atom. The first-order valence-electron chi connectivity index (χ1n) is 9.96. The minimum absolute atomic E-state index is 0.0798. The molecule has 1 fully saturated rings. The van der Waals surface area contributed by atoms with Crippen molar-refractivity contribution in [2.24, 2.45) is 0 Å². The third kappa shape index (κ3) is 3.89. The van der Waals surface area contributed by atoms with Crippen LogP contribution in [0.2, 0.25) is 0 Å². The van der Waals surface area contributed by atoms with Gasteiger partial charge in [-0.05, 0) is 36.8 Å². The van der Waals surface area contributed by atoms with Crippen LogP contribution in [0.1, 0.15) is 24.9 Å². The molecule has 158 valence electrons. The largest absolute Gasteiger partial charge is 0.274 e. The van der Waals surface area contributed by atoms with Crippen LogP contribution in [0, 0.1) is 0 Å². The van der Waals surface area contributed by atoms with E-state index in [0.717, 1.165) is 10.5 Å². The van der Waals surface area contributed by atoms with Crippen molar-refractivity contribution in [3.05, 3.63) is 96.6 Å². The number of sulfonamides is 1. The number of anilines is 1. The average Bonchev–Trinajstić information content (AvgIpc) is 3.08. The molecular weight excluding hydrogens is 412 g/mol. The normalized spacial score (nSPS) is 17.9. The molecule has 0 aromatic heterocycles. The van der Waals surface area contributed by atoms with Gasteiger partial charge in [-0.2, -0.15) is 4.31 Å². The number of imide groups is 1. The number of rotatable bonds is 6. The molecule has 1 aliphatic rings. The summed E-state index contributed by atoms with van der Waals surface area (Å²) in [7, 11) is -4.06. The number of benzene rings is 3. The Labute approximate surface area is 181 Å². The zero-order valence-electron chi connectivity index (χ0n) is 17.0. The van der Waals surface area contributed by atoms with E-state index in [0.29, 0.717) is 5.69 Å². The molecule has 1 saturated heterocycles. The summed E-state index contributed by atoms with van der Waals surface area (Å²) in [4.78, 5) is 27.3. The van der Waals surface area contributed by atoms with Crippen LogP contribution in [-0.2, 0) is 19.6 Å². The maximum atomic E-state index is 13.7. The van der Waals surface area contributed by atoms with E-state index in [1.165, 1.54) is 16.4 Å². The second-order valence-electron chi connectivity index (χ2n) is 7.36. The van der Waals surface area contributed by atoms with E-state index in [-0.39, 0.29) is 11.3 Å². The third-order valence-electron chi connectivity index (χ3n) is 5.43. The molecule has 2 amide bonds. The third-order valence-corrected chi connectivity index (χ3v) is 7.42. The SMILES string of the molecule is CC(c1ccccc1)N(C1CC(=O)N(c2ccccc2)C1=O)S(=O)(=O)c1ccccc1. The fourth-order valence-electron chi connectivity index (χ4n) is 3.90. The smallest absolute Gasteiger partial charge is 0.252 e. The molecule has 0 N–H and O–H groups in total. The first kappa shape index (κ1) is 21.0. The minimum Gasteiger partial charge on any atom is -0.274 e. The van der Waals surface area contributed by atoms with Gasteiger partial charge < -0.3 is 0 Å². The van der Waals surface area contributed by atoms with Crippen molar-refractivity contribution in [1.82, 2.24) is 4.31 Å². The molecule has 3 aromatic rings. The standard InChI is InChI=1S/C24H22N2O4S/c1-18(19-11-5-2-6-12-19)26(31(29,30)21-15-9-4-10-16-21)22-17-23(27)25(24(22)28)20-13-7-3-8-14-20/h2-16,18,22H,17H2,1H3. The Bertz CT molecular complexity index is 1180. The predicted octanol–water partition coefficient (Wildman–Crippen LogP) is 3.77. The molecule has 31 heavy (non-hydrogen) atoms. The van der Waals surface area contributed by atoms with Crippen molar-refractivity contribution in [2.45, 2.75) is 30.3 Å². The van der Waals surface area contributed by atoms with Gasteiger partial charge in [0.1, 0.15) is 6.04 Å². The summed E-state index contributed by atoms with van der Waals surface area (Å²) in [6.07, 6.45) is -0.211. The van der Waals surface area contributed by atoms with Gasteiger partial charge in [0.05, 0.1) is 17.0 Å². The van der Waals surface area contributed by atoms with Crippen molar-refractivity contribution in [2.75, 3.05) is 4.90 Å². The molecule has 1 heterocycles. The van der Waals surface area contributed by atoms with Crippen molar-refractivity contribution >= 4 is 27.5 Å². The lowest BCUT2D eigenvalue weighted by atomic mass is 10.1. The van der Waals surface area contributed by atoms with Crippen LogP contribution in [0.4, 0.5) is 5.69 Å². The number of hydrogen-bond donors (Lipinski definition) is 0. The van der Waals surface area contributed by atoms with E-state index in [1.807, 2.05) is 30.3 Å². The maximum absolute atomic E-state index is 13.7. The molecule has 6 nitrogen and oxygen atoms in total. The van der Waals surface area contributed by atoms with Gasteiger partial charge in [0.25, 0.3) is 5.91 Å². The number of nitrogens with zero attached hydrogens (tertiary/aromatic N) is 2. The molecule has 4 rings (SSSR count). The highest BCUT2D eigenvalue weighted by molar-refractivity contribution is 7.89. The molecule has 0 aliphatic carbocycles. The van der Waals surface area contributed by atoms with Crippen LogP contribution in [0.5, 0.6) is 0 Å². The Morgan fingerprint density at radius 1 is 0.839 bits per heavy atom. The van der Waals surface area contributed by atoms with Gasteiger partial charge in [0, 0.05) is 6.04 Å². The summed E-state index contributed by atoms with van der Waals surface area (Å²) in [5.74, 6) is -0.965. The number of para-hydroxylation sites is 1. The molecule has 1 aliphatic heterocycles. The van der Waals surface area contributed by atoms with Gasteiger partial charge in [0.2, 0.25) is 15.9 Å². The second-order valence-corrected chi connectivity index (χ2v) is 9.20. The number of carbonyl (C=O) groups is 2. The fourth-order valence-corrected chi connectivity index (χ4v) is 5.68. The Morgan fingerprint density at radius 3 is 1.94 bits per heavy atom. The monoisotopic (exact) mass is 434 g/mol. The Kier molecular flexibility index (Phi) is 5.71. The lowest BCUT2D eigenvalue weighted by Crippen LogP contribution is -2.46. The van der Waals surface area contributed by atoms with E-state index in [9.17, 15) is 18.0 Å². The fraction of sp³-hybridized carbons (Fsp3) is 0.167. The van der Waals surface area contributed by atoms with Gasteiger partial charge >= 0.3 is 0 Å². The second kappa shape index (κ2) is 8.45. The maximum Gasteiger partial charge on any atom is 0.252 e. The minimum atomic E-state index is -4.06. The van der Waals surface area contributed by atoms with Gasteiger partial charge in [0.15, 0.2) is 0 Å². The van der Waals surface area contributed by atoms with Crippen molar-refractivity contribution in [1.29, 1.82) is 0 Å². The first-order valence-corrected chi connectivity index (χ1v) is 11.4. The van der Waals surface area contributed by atoms with Crippen LogP contribution in [0.25, 0.3) is 0 Å². The van der Waals surface area contributed by atoms with Gasteiger partial charge in [-0.25, -0.2) is 13.3 Å². The number of hydrogen-bond acceptors (Lipinski definition) is 4. The van der Waals surface area contributed by atoms with Crippen molar-refractivity contribution < 1.29 is 18.0 Å². The van der Waals surface area contributed by atoms with Gasteiger partial charge in [-0.1, -0.05) is 66.7 Å². The van der Waals surface area contributed by atoms with Crippen molar-refractivity contribution in [3.63, 3.8) is 0 Å². The van der Waals surface area contributed by atoms with E-state index < -0.39 is 33.9 Å². The summed E-state index contributed by atoms with van der Waals surface area (Å²) in [6.45, 7) is 1.73. The van der Waals surface area contributed by atoms with E-state index >= 15 is 0 Å². The quantitative estimate of drug-likeness (QED) is 0.554. The van der Waals surface area contributed by atoms with Gasteiger partial charge in [-0.15, -0.1) is 0 Å². The average molecular weight is 435 g/mol. The highest BCUT2D eigenvalue weighted by Gasteiger charge is 2.48. The first-order chi connectivity index (χ1) is 14.9. The van der Waals surface area contributed by atoms with Crippen LogP contribution in [-0.4, -0.2) is 30.6 Å². The summed E-state index contributed by atoms with van der Waals surface area (Å²) < 4.78 is 28.5. The number of amides is 2. The summed E-state index contributed by atoms with van der Waals surface area (Å²) >= 11 is 0. The summed E-state index contributed by atoms with van der Waals surface area (Å²) in [6, 6.07) is 23.9. The molecule has 2 unspecified atom stereocenters. The zero-order chi connectivity index (χ0) is 22.0. The zero-order valence-corrected chi connectivity index (χ0v) is 17.8. The molecule has 3 aromatic carbocycles. The van der Waals surface area contributed by atoms with Gasteiger partial charge in [-0.3, -0.25) is 9.59 Å². The van der Waals surface area contributed by atoms with E-state index in [1.54, 1.807) is 55.5 Å². The molecule has 2 atom stereocenters. The van der Waals surface area contributed by atoms with Crippen LogP contribution < -0.4 is 4.90 Å². The molecule has 0 bridgehead atoms. The molecule has 7 heteroatoms. The highest BCUT2D eigenvalue weighted by Crippen LogP contribution is 2.35.